The standard InChI is InChI=1S/C10H6FNO3/c11-7-1-2-9-8(3-7)6(5-13)4-12(9)10(14)15/h1-5H,(H,14,15). The van der Waals surface area contributed by atoms with Crippen LogP contribution in [0.25, 0.3) is 10.9 Å². The Labute approximate surface area is 83.5 Å². The average Bonchev–Trinajstić information content (AvgIpc) is 2.55. The van der Waals surface area contributed by atoms with Gasteiger partial charge < -0.3 is 5.11 Å². The van der Waals surface area contributed by atoms with Crippen LogP contribution in [0.5, 0.6) is 0 Å². The van der Waals surface area contributed by atoms with Gasteiger partial charge in [0.05, 0.1) is 5.52 Å². The van der Waals surface area contributed by atoms with Crippen LogP contribution in [0.1, 0.15) is 10.4 Å². The van der Waals surface area contributed by atoms with Gasteiger partial charge in [-0.05, 0) is 18.2 Å². The highest BCUT2D eigenvalue weighted by Crippen LogP contribution is 2.21. The molecule has 0 aliphatic carbocycles. The summed E-state index contributed by atoms with van der Waals surface area (Å²) >= 11 is 0. The van der Waals surface area contributed by atoms with Crippen molar-refractivity contribution < 1.29 is 19.1 Å². The number of hydrogen-bond donors (Lipinski definition) is 1. The van der Waals surface area contributed by atoms with E-state index >= 15 is 0 Å². The van der Waals surface area contributed by atoms with Crippen molar-refractivity contribution in [2.75, 3.05) is 0 Å². The molecule has 0 fully saturated rings. The van der Waals surface area contributed by atoms with Crippen molar-refractivity contribution in [3.8, 4) is 0 Å². The Kier molecular flexibility index (Phi) is 2.00. The number of hydrogen-bond acceptors (Lipinski definition) is 2. The molecule has 0 radical (unpaired) electrons. The number of fused-ring (bicyclic) bond motifs is 1. The lowest BCUT2D eigenvalue weighted by molar-refractivity contribution is 0.112. The minimum atomic E-state index is -1.21. The van der Waals surface area contributed by atoms with E-state index in [1.165, 1.54) is 12.3 Å². The van der Waals surface area contributed by atoms with Gasteiger partial charge in [-0.2, -0.15) is 0 Å². The first kappa shape index (κ1) is 9.39. The molecule has 0 unspecified atom stereocenters. The maximum atomic E-state index is 12.9. The minimum Gasteiger partial charge on any atom is -0.464 e. The molecule has 0 saturated carbocycles. The second kappa shape index (κ2) is 3.20. The highest BCUT2D eigenvalue weighted by Gasteiger charge is 2.12. The van der Waals surface area contributed by atoms with E-state index in [1.807, 2.05) is 0 Å². The fourth-order valence-electron chi connectivity index (χ4n) is 1.48. The molecule has 0 aliphatic heterocycles. The second-order valence-corrected chi connectivity index (χ2v) is 3.02. The van der Waals surface area contributed by atoms with Gasteiger partial charge in [0.25, 0.3) is 0 Å². The van der Waals surface area contributed by atoms with Gasteiger partial charge in [0.2, 0.25) is 0 Å². The molecule has 0 saturated heterocycles. The van der Waals surface area contributed by atoms with E-state index in [2.05, 4.69) is 0 Å². The number of halogens is 1. The Bertz CT molecular complexity index is 559. The lowest BCUT2D eigenvalue weighted by Gasteiger charge is -1.96. The third-order valence-electron chi connectivity index (χ3n) is 2.13. The fourth-order valence-corrected chi connectivity index (χ4v) is 1.48. The predicted octanol–water partition coefficient (Wildman–Crippen LogP) is 2.12. The summed E-state index contributed by atoms with van der Waals surface area (Å²) in [6.45, 7) is 0. The van der Waals surface area contributed by atoms with Gasteiger partial charge in [-0.25, -0.2) is 9.18 Å². The predicted molar refractivity (Wildman–Crippen MR) is 50.7 cm³/mol. The van der Waals surface area contributed by atoms with Gasteiger partial charge in [-0.3, -0.25) is 9.36 Å². The van der Waals surface area contributed by atoms with E-state index in [0.717, 1.165) is 16.7 Å². The van der Waals surface area contributed by atoms with Gasteiger partial charge in [-0.1, -0.05) is 0 Å². The van der Waals surface area contributed by atoms with E-state index in [4.69, 9.17) is 5.11 Å². The number of aldehydes is 1. The average molecular weight is 207 g/mol. The molecule has 1 aromatic carbocycles. The molecule has 15 heavy (non-hydrogen) atoms. The Morgan fingerprint density at radius 1 is 1.47 bits per heavy atom. The van der Waals surface area contributed by atoms with E-state index in [-0.39, 0.29) is 5.56 Å². The summed E-state index contributed by atoms with van der Waals surface area (Å²) in [4.78, 5) is 21.4. The molecule has 1 heterocycles. The molecular weight excluding hydrogens is 201 g/mol. The van der Waals surface area contributed by atoms with Crippen molar-refractivity contribution in [1.82, 2.24) is 4.57 Å². The SMILES string of the molecule is O=Cc1cn(C(=O)O)c2ccc(F)cc12. The van der Waals surface area contributed by atoms with Gasteiger partial charge in [0, 0.05) is 17.1 Å². The molecule has 4 nitrogen and oxygen atoms in total. The lowest BCUT2D eigenvalue weighted by Crippen LogP contribution is -2.05. The number of carboxylic acid groups (broad SMARTS) is 1. The number of carbonyl (C=O) groups excluding carboxylic acids is 1. The molecule has 0 aliphatic rings. The number of nitrogens with zero attached hydrogens (tertiary/aromatic N) is 1. The van der Waals surface area contributed by atoms with Crippen LogP contribution in [0.2, 0.25) is 0 Å². The number of rotatable bonds is 1. The fraction of sp³-hybridized carbons (Fsp3) is 0. The summed E-state index contributed by atoms with van der Waals surface area (Å²) in [5, 5.41) is 9.11. The van der Waals surface area contributed by atoms with Crippen LogP contribution < -0.4 is 0 Å². The van der Waals surface area contributed by atoms with Crippen LogP contribution in [0, 0.1) is 5.82 Å². The minimum absolute atomic E-state index is 0.159. The van der Waals surface area contributed by atoms with Crippen LogP contribution in [-0.4, -0.2) is 22.1 Å². The van der Waals surface area contributed by atoms with Crippen LogP contribution in [0.4, 0.5) is 9.18 Å². The summed E-state index contributed by atoms with van der Waals surface area (Å²) in [7, 11) is 0. The smallest absolute Gasteiger partial charge is 0.416 e. The Balaban J connectivity index is 2.86. The zero-order valence-electron chi connectivity index (χ0n) is 7.48. The quantitative estimate of drug-likeness (QED) is 0.728. The van der Waals surface area contributed by atoms with Crippen molar-refractivity contribution in [2.45, 2.75) is 0 Å². The lowest BCUT2D eigenvalue weighted by atomic mass is 10.2. The van der Waals surface area contributed by atoms with Crippen molar-refractivity contribution in [3.63, 3.8) is 0 Å². The molecule has 0 bridgehead atoms. The number of aromatic nitrogens is 1. The van der Waals surface area contributed by atoms with Crippen LogP contribution in [0.3, 0.4) is 0 Å². The van der Waals surface area contributed by atoms with Gasteiger partial charge in [0.15, 0.2) is 6.29 Å². The molecular formula is C10H6FNO3. The second-order valence-electron chi connectivity index (χ2n) is 3.02. The van der Waals surface area contributed by atoms with Gasteiger partial charge >= 0.3 is 6.09 Å². The van der Waals surface area contributed by atoms with Crippen molar-refractivity contribution >= 4 is 23.3 Å². The summed E-state index contributed by atoms with van der Waals surface area (Å²) in [6, 6.07) is 3.61. The van der Waals surface area contributed by atoms with E-state index in [1.54, 1.807) is 0 Å². The van der Waals surface area contributed by atoms with Gasteiger partial charge in [-0.15, -0.1) is 0 Å². The third kappa shape index (κ3) is 1.38. The van der Waals surface area contributed by atoms with E-state index < -0.39 is 11.9 Å². The molecule has 5 heteroatoms. The van der Waals surface area contributed by atoms with Crippen LogP contribution in [0.15, 0.2) is 24.4 Å². The Morgan fingerprint density at radius 2 is 2.20 bits per heavy atom. The molecule has 2 aromatic rings. The Morgan fingerprint density at radius 3 is 2.80 bits per heavy atom. The van der Waals surface area contributed by atoms with Gasteiger partial charge in [0.1, 0.15) is 5.82 Å². The molecule has 1 aromatic heterocycles. The zero-order valence-corrected chi connectivity index (χ0v) is 7.48. The normalized spacial score (nSPS) is 10.5. The first-order valence-electron chi connectivity index (χ1n) is 4.12. The topological polar surface area (TPSA) is 59.3 Å². The van der Waals surface area contributed by atoms with E-state index in [0.29, 0.717) is 17.2 Å². The molecule has 0 atom stereocenters. The molecule has 1 N–H and O–H groups in total. The molecule has 0 spiro atoms. The van der Waals surface area contributed by atoms with Crippen molar-refractivity contribution in [1.29, 1.82) is 0 Å². The molecule has 76 valence electrons. The highest BCUT2D eigenvalue weighted by atomic mass is 19.1. The first-order chi connectivity index (χ1) is 7.13. The zero-order chi connectivity index (χ0) is 11.0. The summed E-state index contributed by atoms with van der Waals surface area (Å²) in [5.74, 6) is -0.506. The van der Waals surface area contributed by atoms with E-state index in [9.17, 15) is 14.0 Å². The highest BCUT2D eigenvalue weighted by molar-refractivity contribution is 6.01. The number of carbonyl (C=O) groups is 2. The maximum Gasteiger partial charge on any atom is 0.416 e. The summed E-state index contributed by atoms with van der Waals surface area (Å²) in [5.41, 5.74) is 0.456. The first-order valence-corrected chi connectivity index (χ1v) is 4.12. The van der Waals surface area contributed by atoms with Crippen LogP contribution >= 0.6 is 0 Å². The number of benzene rings is 1. The van der Waals surface area contributed by atoms with Crippen molar-refractivity contribution in [2.24, 2.45) is 0 Å². The third-order valence-corrected chi connectivity index (χ3v) is 2.13. The summed E-state index contributed by atoms with van der Waals surface area (Å²) in [6.07, 6.45) is 0.459. The molecule has 2 rings (SSSR count). The maximum absolute atomic E-state index is 12.9. The monoisotopic (exact) mass is 207 g/mol. The van der Waals surface area contributed by atoms with Crippen molar-refractivity contribution in [3.05, 3.63) is 35.8 Å². The largest absolute Gasteiger partial charge is 0.464 e. The summed E-state index contributed by atoms with van der Waals surface area (Å²) < 4.78 is 13.8. The molecule has 0 amide bonds. The van der Waals surface area contributed by atoms with Crippen LogP contribution in [-0.2, 0) is 0 Å². The Hall–Kier alpha value is -2.17.